The zero-order chi connectivity index (χ0) is 19.3. The van der Waals surface area contributed by atoms with Crippen molar-refractivity contribution in [1.82, 2.24) is 9.97 Å². The molecule has 1 unspecified atom stereocenters. The average Bonchev–Trinajstić information content (AvgIpc) is 3.11. The van der Waals surface area contributed by atoms with Crippen molar-refractivity contribution < 1.29 is 13.9 Å². The minimum absolute atomic E-state index is 0.152. The van der Waals surface area contributed by atoms with Gasteiger partial charge in [0, 0.05) is 40.9 Å². The molecule has 1 atom stereocenters. The van der Waals surface area contributed by atoms with Crippen LogP contribution < -0.4 is 15.2 Å². The van der Waals surface area contributed by atoms with Crippen LogP contribution in [0.25, 0.3) is 11.3 Å². The number of aliphatic imine (C=N–C) groups is 1. The molecule has 1 aromatic heterocycles. The van der Waals surface area contributed by atoms with E-state index in [2.05, 4.69) is 9.97 Å². The Bertz CT molecular complexity index is 1120. The van der Waals surface area contributed by atoms with E-state index in [1.807, 2.05) is 18.2 Å². The smallest absolute Gasteiger partial charge is 0.169 e. The summed E-state index contributed by atoms with van der Waals surface area (Å²) in [5.74, 6) is 1.14. The van der Waals surface area contributed by atoms with Crippen molar-refractivity contribution in [3.8, 4) is 28.5 Å². The SMILES string of the molecule is COc1cc(F)c2c(c1)C1(CSC(N)=N1)c1cc(-c3cnccn3)ccc1O2. The second kappa shape index (κ2) is 6.20. The first-order valence-electron chi connectivity index (χ1n) is 8.55. The molecular weight excluding hydrogens is 379 g/mol. The molecule has 3 heterocycles. The number of benzene rings is 2. The first-order valence-corrected chi connectivity index (χ1v) is 9.54. The molecule has 28 heavy (non-hydrogen) atoms. The molecule has 0 saturated heterocycles. The third-order valence-corrected chi connectivity index (χ3v) is 5.87. The molecule has 0 fully saturated rings. The summed E-state index contributed by atoms with van der Waals surface area (Å²) < 4.78 is 26.0. The van der Waals surface area contributed by atoms with Gasteiger partial charge in [-0.15, -0.1) is 0 Å². The maximum absolute atomic E-state index is 14.8. The quantitative estimate of drug-likeness (QED) is 0.714. The van der Waals surface area contributed by atoms with Gasteiger partial charge in [-0.05, 0) is 24.3 Å². The standard InChI is InChI=1S/C20H15FN4O2S/c1-26-12-7-14-18(15(21)8-12)27-17-3-2-11(16-9-23-4-5-24-16)6-13(17)20(14)10-28-19(22)25-20/h2-9H,10H2,1H3,(H2,22,25). The number of nitrogens with zero attached hydrogens (tertiary/aromatic N) is 3. The molecular formula is C20H15FN4O2S. The van der Waals surface area contributed by atoms with E-state index in [-0.39, 0.29) is 5.75 Å². The molecule has 0 aliphatic carbocycles. The lowest BCUT2D eigenvalue weighted by Crippen LogP contribution is -2.30. The first-order chi connectivity index (χ1) is 13.6. The van der Waals surface area contributed by atoms with Gasteiger partial charge in [0.05, 0.1) is 19.0 Å². The zero-order valence-corrected chi connectivity index (χ0v) is 15.7. The Balaban J connectivity index is 1.77. The molecule has 0 radical (unpaired) electrons. The zero-order valence-electron chi connectivity index (χ0n) is 14.8. The van der Waals surface area contributed by atoms with Gasteiger partial charge in [-0.3, -0.25) is 9.97 Å². The molecule has 5 rings (SSSR count). The summed E-state index contributed by atoms with van der Waals surface area (Å²) in [4.78, 5) is 13.2. The van der Waals surface area contributed by atoms with Crippen LogP contribution in [0.3, 0.4) is 0 Å². The lowest BCUT2D eigenvalue weighted by Gasteiger charge is -2.35. The molecule has 0 amide bonds. The average molecular weight is 394 g/mol. The molecule has 2 N–H and O–H groups in total. The molecule has 2 aromatic carbocycles. The van der Waals surface area contributed by atoms with Crippen LogP contribution in [0.15, 0.2) is 53.9 Å². The number of methoxy groups -OCH3 is 1. The summed E-state index contributed by atoms with van der Waals surface area (Å²) in [6, 6.07) is 8.71. The van der Waals surface area contributed by atoms with E-state index in [0.717, 1.165) is 16.8 Å². The van der Waals surface area contributed by atoms with Crippen LogP contribution in [0.1, 0.15) is 11.1 Å². The molecule has 0 bridgehead atoms. The number of aromatic nitrogens is 2. The third-order valence-electron chi connectivity index (χ3n) is 4.92. The van der Waals surface area contributed by atoms with Crippen LogP contribution in [0.5, 0.6) is 17.2 Å². The Morgan fingerprint density at radius 2 is 2.11 bits per heavy atom. The molecule has 140 valence electrons. The van der Waals surface area contributed by atoms with E-state index in [0.29, 0.717) is 28.0 Å². The van der Waals surface area contributed by atoms with Crippen molar-refractivity contribution in [2.75, 3.05) is 12.9 Å². The van der Waals surface area contributed by atoms with Gasteiger partial charge >= 0.3 is 0 Å². The van der Waals surface area contributed by atoms with Crippen molar-refractivity contribution in [3.63, 3.8) is 0 Å². The van der Waals surface area contributed by atoms with Gasteiger partial charge in [0.2, 0.25) is 0 Å². The molecule has 8 heteroatoms. The number of hydrogen-bond donors (Lipinski definition) is 1. The summed E-state index contributed by atoms with van der Waals surface area (Å²) in [6.07, 6.45) is 4.95. The van der Waals surface area contributed by atoms with Crippen LogP contribution >= 0.6 is 11.8 Å². The molecule has 2 aliphatic rings. The van der Waals surface area contributed by atoms with Crippen LogP contribution in [0, 0.1) is 5.82 Å². The second-order valence-corrected chi connectivity index (χ2v) is 7.48. The second-order valence-electron chi connectivity index (χ2n) is 6.49. The summed E-state index contributed by atoms with van der Waals surface area (Å²) >= 11 is 1.43. The van der Waals surface area contributed by atoms with E-state index < -0.39 is 11.4 Å². The maximum atomic E-state index is 14.8. The topological polar surface area (TPSA) is 82.6 Å². The summed E-state index contributed by atoms with van der Waals surface area (Å²) in [6.45, 7) is 0. The predicted octanol–water partition coefficient (Wildman–Crippen LogP) is 3.70. The number of thioether (sulfide) groups is 1. The Morgan fingerprint density at radius 1 is 1.21 bits per heavy atom. The maximum Gasteiger partial charge on any atom is 0.169 e. The highest BCUT2D eigenvalue weighted by Gasteiger charge is 2.47. The van der Waals surface area contributed by atoms with E-state index in [1.165, 1.54) is 24.9 Å². The fourth-order valence-electron chi connectivity index (χ4n) is 3.61. The number of hydrogen-bond acceptors (Lipinski definition) is 7. The van der Waals surface area contributed by atoms with E-state index >= 15 is 0 Å². The lowest BCUT2D eigenvalue weighted by molar-refractivity contribution is 0.374. The fourth-order valence-corrected chi connectivity index (χ4v) is 4.56. The summed E-state index contributed by atoms with van der Waals surface area (Å²) in [5, 5.41) is 0.451. The molecule has 1 spiro atoms. The predicted molar refractivity (Wildman–Crippen MR) is 105 cm³/mol. The van der Waals surface area contributed by atoms with Gasteiger partial charge in [-0.2, -0.15) is 0 Å². The molecule has 2 aliphatic heterocycles. The van der Waals surface area contributed by atoms with Crippen LogP contribution in [0.2, 0.25) is 0 Å². The van der Waals surface area contributed by atoms with Gasteiger partial charge in [0.25, 0.3) is 0 Å². The highest BCUT2D eigenvalue weighted by atomic mass is 32.2. The van der Waals surface area contributed by atoms with Crippen LogP contribution in [-0.4, -0.2) is 28.0 Å². The van der Waals surface area contributed by atoms with E-state index in [4.69, 9.17) is 20.2 Å². The van der Waals surface area contributed by atoms with Gasteiger partial charge in [-0.1, -0.05) is 11.8 Å². The van der Waals surface area contributed by atoms with Crippen LogP contribution in [-0.2, 0) is 5.54 Å². The van der Waals surface area contributed by atoms with Crippen LogP contribution in [0.4, 0.5) is 4.39 Å². The third kappa shape index (κ3) is 2.45. The molecule has 6 nitrogen and oxygen atoms in total. The Hall–Kier alpha value is -3.13. The van der Waals surface area contributed by atoms with E-state index in [1.54, 1.807) is 24.7 Å². The Morgan fingerprint density at radius 3 is 2.82 bits per heavy atom. The first kappa shape index (κ1) is 17.0. The Labute approximate surface area is 164 Å². The number of ether oxygens (including phenoxy) is 2. The summed E-state index contributed by atoms with van der Waals surface area (Å²) in [5.41, 5.74) is 8.18. The number of fused-ring (bicyclic) bond motifs is 4. The summed E-state index contributed by atoms with van der Waals surface area (Å²) in [7, 11) is 1.50. The number of amidine groups is 1. The normalized spacial score (nSPS) is 19.6. The monoisotopic (exact) mass is 394 g/mol. The lowest BCUT2D eigenvalue weighted by atomic mass is 9.81. The van der Waals surface area contributed by atoms with Crippen molar-refractivity contribution in [3.05, 3.63) is 65.9 Å². The van der Waals surface area contributed by atoms with Gasteiger partial charge in [-0.25, -0.2) is 9.38 Å². The Kier molecular flexibility index (Phi) is 3.77. The van der Waals surface area contributed by atoms with Crippen molar-refractivity contribution >= 4 is 16.9 Å². The van der Waals surface area contributed by atoms with Gasteiger partial charge < -0.3 is 15.2 Å². The van der Waals surface area contributed by atoms with Crippen molar-refractivity contribution in [2.45, 2.75) is 5.54 Å². The minimum atomic E-state index is -0.856. The number of halogens is 1. The minimum Gasteiger partial charge on any atom is -0.497 e. The molecule has 0 saturated carbocycles. The van der Waals surface area contributed by atoms with Crippen molar-refractivity contribution in [2.24, 2.45) is 10.7 Å². The van der Waals surface area contributed by atoms with Crippen molar-refractivity contribution in [1.29, 1.82) is 0 Å². The van der Waals surface area contributed by atoms with Gasteiger partial charge in [0.1, 0.15) is 17.0 Å². The fraction of sp³-hybridized carbons (Fsp3) is 0.150. The van der Waals surface area contributed by atoms with E-state index in [9.17, 15) is 4.39 Å². The number of nitrogens with two attached hydrogens (primary N) is 1. The largest absolute Gasteiger partial charge is 0.497 e. The van der Waals surface area contributed by atoms with Gasteiger partial charge in [0.15, 0.2) is 16.7 Å². The molecule has 3 aromatic rings. The number of rotatable bonds is 2. The highest BCUT2D eigenvalue weighted by molar-refractivity contribution is 8.14. The highest BCUT2D eigenvalue weighted by Crippen LogP contribution is 2.54.